The van der Waals surface area contributed by atoms with E-state index in [1.807, 2.05) is 13.0 Å². The van der Waals surface area contributed by atoms with Crippen LogP contribution in [0.15, 0.2) is 23.9 Å². The van der Waals surface area contributed by atoms with Crippen LogP contribution in [0.3, 0.4) is 0 Å². The van der Waals surface area contributed by atoms with Crippen LogP contribution < -0.4 is 5.32 Å². The number of hydrogen-bond acceptors (Lipinski definition) is 1. The van der Waals surface area contributed by atoms with Crippen molar-refractivity contribution in [1.29, 1.82) is 0 Å². The lowest BCUT2D eigenvalue weighted by Crippen LogP contribution is -2.05. The van der Waals surface area contributed by atoms with Gasteiger partial charge in [-0.05, 0) is 24.8 Å². The Morgan fingerprint density at radius 2 is 2.50 bits per heavy atom. The summed E-state index contributed by atoms with van der Waals surface area (Å²) in [6.07, 6.45) is 2.94. The summed E-state index contributed by atoms with van der Waals surface area (Å²) in [5.74, 6) is 5.85. The van der Waals surface area contributed by atoms with Crippen molar-refractivity contribution in [2.75, 3.05) is 6.54 Å². The van der Waals surface area contributed by atoms with Crippen LogP contribution in [0, 0.1) is 11.8 Å². The molecule has 0 unspecified atom stereocenters. The van der Waals surface area contributed by atoms with E-state index < -0.39 is 0 Å². The number of hydrogen-bond donors (Lipinski definition) is 1. The molecule has 0 fully saturated rings. The third kappa shape index (κ3) is 1.22. The molecule has 0 radical (unpaired) electrons. The maximum Gasteiger partial charge on any atom is 0.0886 e. The lowest BCUT2D eigenvalue weighted by atomic mass is 10.2. The van der Waals surface area contributed by atoms with E-state index >= 15 is 0 Å². The summed E-state index contributed by atoms with van der Waals surface area (Å²) in [5, 5.41) is 3.19. The predicted molar refractivity (Wildman–Crippen MR) is 43.3 cm³/mol. The standard InChI is InChI=1S/C9H11N/c1-3-5-9-8(4-2)6-7-10-9/h4,10H,2,6-7H2,1H3. The quantitative estimate of drug-likeness (QED) is 0.534. The van der Waals surface area contributed by atoms with Crippen LogP contribution in [0.2, 0.25) is 0 Å². The zero-order chi connectivity index (χ0) is 7.40. The molecule has 1 heteroatoms. The van der Waals surface area contributed by atoms with E-state index in [1.54, 1.807) is 0 Å². The molecular formula is C9H11N. The first-order valence-electron chi connectivity index (χ1n) is 3.40. The smallest absolute Gasteiger partial charge is 0.0886 e. The summed E-state index contributed by atoms with van der Waals surface area (Å²) in [5.41, 5.74) is 2.30. The third-order valence-electron chi connectivity index (χ3n) is 1.51. The van der Waals surface area contributed by atoms with Gasteiger partial charge in [-0.3, -0.25) is 0 Å². The van der Waals surface area contributed by atoms with E-state index in [4.69, 9.17) is 0 Å². The lowest BCUT2D eigenvalue weighted by Gasteiger charge is -1.91. The Kier molecular flexibility index (Phi) is 2.17. The van der Waals surface area contributed by atoms with Gasteiger partial charge in [0.2, 0.25) is 0 Å². The van der Waals surface area contributed by atoms with Gasteiger partial charge in [0.15, 0.2) is 0 Å². The molecule has 0 aromatic rings. The van der Waals surface area contributed by atoms with Gasteiger partial charge in [0.05, 0.1) is 5.70 Å². The van der Waals surface area contributed by atoms with E-state index in [1.165, 1.54) is 5.57 Å². The Morgan fingerprint density at radius 3 is 3.10 bits per heavy atom. The molecule has 0 aromatic carbocycles. The summed E-state index contributed by atoms with van der Waals surface area (Å²) in [7, 11) is 0. The van der Waals surface area contributed by atoms with E-state index in [0.717, 1.165) is 18.7 Å². The van der Waals surface area contributed by atoms with Crippen molar-refractivity contribution in [3.63, 3.8) is 0 Å². The normalized spacial score (nSPS) is 15.7. The number of allylic oxidation sites excluding steroid dienone is 2. The fourth-order valence-electron chi connectivity index (χ4n) is 1.01. The molecule has 1 rings (SSSR count). The molecule has 0 saturated carbocycles. The second kappa shape index (κ2) is 3.12. The molecule has 0 spiro atoms. The zero-order valence-electron chi connectivity index (χ0n) is 6.20. The summed E-state index contributed by atoms with van der Waals surface area (Å²) >= 11 is 0. The van der Waals surface area contributed by atoms with Gasteiger partial charge in [-0.15, -0.1) is 0 Å². The first-order chi connectivity index (χ1) is 4.88. The lowest BCUT2D eigenvalue weighted by molar-refractivity contribution is 0.893. The van der Waals surface area contributed by atoms with Gasteiger partial charge in [0.25, 0.3) is 0 Å². The molecule has 0 aliphatic carbocycles. The maximum absolute atomic E-state index is 3.71. The fourth-order valence-corrected chi connectivity index (χ4v) is 1.01. The van der Waals surface area contributed by atoms with Crippen molar-refractivity contribution in [2.24, 2.45) is 0 Å². The minimum Gasteiger partial charge on any atom is -0.378 e. The highest BCUT2D eigenvalue weighted by Crippen LogP contribution is 2.12. The van der Waals surface area contributed by atoms with Crippen LogP contribution in [0.5, 0.6) is 0 Å². The second-order valence-electron chi connectivity index (χ2n) is 2.16. The summed E-state index contributed by atoms with van der Waals surface area (Å²) in [6, 6.07) is 0. The van der Waals surface area contributed by atoms with Crippen LogP contribution in [-0.4, -0.2) is 6.54 Å². The largest absolute Gasteiger partial charge is 0.378 e. The van der Waals surface area contributed by atoms with E-state index in [-0.39, 0.29) is 0 Å². The average Bonchev–Trinajstić information content (AvgIpc) is 2.36. The first kappa shape index (κ1) is 6.95. The molecule has 1 N–H and O–H groups in total. The molecule has 52 valence electrons. The van der Waals surface area contributed by atoms with Crippen molar-refractivity contribution in [1.82, 2.24) is 5.32 Å². The highest BCUT2D eigenvalue weighted by molar-refractivity contribution is 5.39. The Bertz CT molecular complexity index is 225. The average molecular weight is 133 g/mol. The minimum absolute atomic E-state index is 1.01. The van der Waals surface area contributed by atoms with Gasteiger partial charge in [-0.2, -0.15) is 0 Å². The molecule has 1 heterocycles. The number of nitrogens with one attached hydrogen (secondary N) is 1. The van der Waals surface area contributed by atoms with Crippen molar-refractivity contribution < 1.29 is 0 Å². The topological polar surface area (TPSA) is 12.0 Å². The molecule has 0 aromatic heterocycles. The van der Waals surface area contributed by atoms with Crippen LogP contribution in [-0.2, 0) is 0 Å². The van der Waals surface area contributed by atoms with Crippen LogP contribution in [0.4, 0.5) is 0 Å². The molecular weight excluding hydrogens is 122 g/mol. The van der Waals surface area contributed by atoms with Gasteiger partial charge in [0.1, 0.15) is 0 Å². The Labute approximate surface area is 61.8 Å². The molecule has 1 nitrogen and oxygen atoms in total. The van der Waals surface area contributed by atoms with Crippen LogP contribution in [0.1, 0.15) is 13.3 Å². The highest BCUT2D eigenvalue weighted by atomic mass is 14.9. The Hall–Kier alpha value is -1.16. The predicted octanol–water partition coefficient (Wildman–Crippen LogP) is 1.44. The molecule has 0 bridgehead atoms. The fraction of sp³-hybridized carbons (Fsp3) is 0.333. The van der Waals surface area contributed by atoms with Gasteiger partial charge >= 0.3 is 0 Å². The Balaban J connectivity index is 2.84. The zero-order valence-corrected chi connectivity index (χ0v) is 6.20. The van der Waals surface area contributed by atoms with Gasteiger partial charge < -0.3 is 5.32 Å². The van der Waals surface area contributed by atoms with Crippen LogP contribution in [0.25, 0.3) is 0 Å². The van der Waals surface area contributed by atoms with Crippen molar-refractivity contribution in [3.05, 3.63) is 23.9 Å². The van der Waals surface area contributed by atoms with E-state index in [9.17, 15) is 0 Å². The molecule has 0 atom stereocenters. The number of rotatable bonds is 1. The molecule has 1 aliphatic rings. The highest BCUT2D eigenvalue weighted by Gasteiger charge is 2.07. The molecule has 0 saturated heterocycles. The van der Waals surface area contributed by atoms with E-state index in [0.29, 0.717) is 0 Å². The summed E-state index contributed by atoms with van der Waals surface area (Å²) in [6.45, 7) is 6.56. The third-order valence-corrected chi connectivity index (χ3v) is 1.51. The second-order valence-corrected chi connectivity index (χ2v) is 2.16. The Morgan fingerprint density at radius 1 is 1.70 bits per heavy atom. The van der Waals surface area contributed by atoms with Crippen LogP contribution >= 0.6 is 0 Å². The van der Waals surface area contributed by atoms with Gasteiger partial charge in [-0.25, -0.2) is 0 Å². The minimum atomic E-state index is 1.01. The molecule has 0 amide bonds. The first-order valence-corrected chi connectivity index (χ1v) is 3.40. The summed E-state index contributed by atoms with van der Waals surface area (Å²) < 4.78 is 0. The molecule has 1 aliphatic heterocycles. The van der Waals surface area contributed by atoms with E-state index in [2.05, 4.69) is 23.7 Å². The molecule has 10 heavy (non-hydrogen) atoms. The van der Waals surface area contributed by atoms with Gasteiger partial charge in [0, 0.05) is 6.54 Å². The van der Waals surface area contributed by atoms with Gasteiger partial charge in [-0.1, -0.05) is 18.6 Å². The van der Waals surface area contributed by atoms with Crippen molar-refractivity contribution in [2.45, 2.75) is 13.3 Å². The summed E-state index contributed by atoms with van der Waals surface area (Å²) in [4.78, 5) is 0. The van der Waals surface area contributed by atoms with Crippen molar-refractivity contribution >= 4 is 0 Å². The SMILES string of the molecule is C=CC1=C(C#CC)NCC1. The van der Waals surface area contributed by atoms with Crippen molar-refractivity contribution in [3.8, 4) is 11.8 Å². The monoisotopic (exact) mass is 133 g/mol. The maximum atomic E-state index is 3.71.